The van der Waals surface area contributed by atoms with Gasteiger partial charge in [-0.2, -0.15) is 0 Å². The van der Waals surface area contributed by atoms with E-state index < -0.39 is 24.0 Å². The first-order valence-electron chi connectivity index (χ1n) is 5.29. The van der Waals surface area contributed by atoms with Gasteiger partial charge in [-0.25, -0.2) is 9.59 Å². The Morgan fingerprint density at radius 1 is 1.44 bits per heavy atom. The molecule has 6 nitrogen and oxygen atoms in total. The van der Waals surface area contributed by atoms with Gasteiger partial charge in [-0.1, -0.05) is 0 Å². The molecule has 0 saturated carbocycles. The highest BCUT2D eigenvalue weighted by Crippen LogP contribution is 2.18. The van der Waals surface area contributed by atoms with Gasteiger partial charge in [0.1, 0.15) is 11.8 Å². The molecule has 0 aromatic carbocycles. The van der Waals surface area contributed by atoms with E-state index in [0.29, 0.717) is 13.0 Å². The number of nitrogens with one attached hydrogen (secondary N) is 1. The van der Waals surface area contributed by atoms with Crippen LogP contribution in [0.25, 0.3) is 0 Å². The van der Waals surface area contributed by atoms with Gasteiger partial charge in [-0.05, 0) is 33.6 Å². The Bertz CT molecular complexity index is 285. The van der Waals surface area contributed by atoms with Crippen molar-refractivity contribution in [3.05, 3.63) is 0 Å². The van der Waals surface area contributed by atoms with E-state index in [9.17, 15) is 9.59 Å². The van der Waals surface area contributed by atoms with E-state index in [0.717, 1.165) is 6.42 Å². The summed E-state index contributed by atoms with van der Waals surface area (Å²) >= 11 is 0. The smallest absolute Gasteiger partial charge is 0.411 e. The van der Waals surface area contributed by atoms with Crippen molar-refractivity contribution < 1.29 is 19.4 Å². The number of carbonyl (C=O) groups is 2. The van der Waals surface area contributed by atoms with Crippen LogP contribution in [-0.4, -0.2) is 40.5 Å². The van der Waals surface area contributed by atoms with Crippen LogP contribution < -0.4 is 5.32 Å². The topological polar surface area (TPSA) is 78.9 Å². The van der Waals surface area contributed by atoms with Crippen LogP contribution in [0, 0.1) is 0 Å². The maximum absolute atomic E-state index is 11.7. The maximum atomic E-state index is 11.7. The monoisotopic (exact) mass is 230 g/mol. The van der Waals surface area contributed by atoms with E-state index >= 15 is 0 Å². The minimum Gasteiger partial charge on any atom is -0.465 e. The Labute approximate surface area is 94.6 Å². The molecule has 1 rings (SSSR count). The standard InChI is InChI=1S/C10H18N2O4/c1-10(2,3)16-9(15)12-6-4-5-7(12)11-8(13)14/h7,11H,4-6H2,1-3H3,(H,13,14)/t7-/m0/s1. The lowest BCUT2D eigenvalue weighted by molar-refractivity contribution is 0.0205. The summed E-state index contributed by atoms with van der Waals surface area (Å²) in [6, 6.07) is 0. The lowest BCUT2D eigenvalue weighted by Crippen LogP contribution is -2.48. The van der Waals surface area contributed by atoms with Gasteiger partial charge < -0.3 is 15.2 Å². The second-order valence-electron chi connectivity index (χ2n) is 4.78. The Kier molecular flexibility index (Phi) is 3.62. The SMILES string of the molecule is CC(C)(C)OC(=O)N1CCC[C@H]1NC(=O)O. The second kappa shape index (κ2) is 4.59. The molecule has 0 aliphatic carbocycles. The minimum absolute atomic E-state index is 0.465. The summed E-state index contributed by atoms with van der Waals surface area (Å²) in [6.07, 6.45) is -0.646. The Morgan fingerprint density at radius 2 is 2.06 bits per heavy atom. The quantitative estimate of drug-likeness (QED) is 0.717. The van der Waals surface area contributed by atoms with Gasteiger partial charge in [0.05, 0.1) is 0 Å². The summed E-state index contributed by atoms with van der Waals surface area (Å²) in [7, 11) is 0. The Balaban J connectivity index is 2.57. The first-order valence-corrected chi connectivity index (χ1v) is 5.29. The number of hydrogen-bond acceptors (Lipinski definition) is 3. The molecule has 16 heavy (non-hydrogen) atoms. The third kappa shape index (κ3) is 3.60. The molecule has 0 spiro atoms. The van der Waals surface area contributed by atoms with E-state index in [2.05, 4.69) is 5.32 Å². The van der Waals surface area contributed by atoms with Gasteiger partial charge in [0.25, 0.3) is 0 Å². The molecule has 0 unspecified atom stereocenters. The highest BCUT2D eigenvalue weighted by Gasteiger charge is 2.32. The van der Waals surface area contributed by atoms with Crippen molar-refractivity contribution in [1.29, 1.82) is 0 Å². The summed E-state index contributed by atoms with van der Waals surface area (Å²) in [5.41, 5.74) is -0.562. The van der Waals surface area contributed by atoms with Gasteiger partial charge in [-0.15, -0.1) is 0 Å². The number of hydrogen-bond donors (Lipinski definition) is 2. The van der Waals surface area contributed by atoms with Gasteiger partial charge in [0, 0.05) is 6.54 Å². The predicted molar refractivity (Wildman–Crippen MR) is 57.1 cm³/mol. The zero-order valence-electron chi connectivity index (χ0n) is 9.82. The van der Waals surface area contributed by atoms with Crippen molar-refractivity contribution in [2.45, 2.75) is 45.4 Å². The first-order chi connectivity index (χ1) is 7.29. The zero-order valence-corrected chi connectivity index (χ0v) is 9.82. The van der Waals surface area contributed by atoms with Crippen LogP contribution in [0.3, 0.4) is 0 Å². The molecule has 0 radical (unpaired) electrons. The lowest BCUT2D eigenvalue weighted by Gasteiger charge is -2.28. The molecule has 1 saturated heterocycles. The van der Waals surface area contributed by atoms with Crippen LogP contribution in [-0.2, 0) is 4.74 Å². The average Bonchev–Trinajstić information content (AvgIpc) is 2.47. The maximum Gasteiger partial charge on any atom is 0.411 e. The molecule has 0 bridgehead atoms. The highest BCUT2D eigenvalue weighted by molar-refractivity contribution is 5.71. The van der Waals surface area contributed by atoms with E-state index in [1.807, 2.05) is 0 Å². The minimum atomic E-state index is -1.12. The first kappa shape index (κ1) is 12.6. The number of nitrogens with zero attached hydrogens (tertiary/aromatic N) is 1. The summed E-state index contributed by atoms with van der Waals surface area (Å²) in [4.78, 5) is 23.7. The molecule has 1 fully saturated rings. The van der Waals surface area contributed by atoms with Crippen molar-refractivity contribution in [3.8, 4) is 0 Å². The van der Waals surface area contributed by atoms with Crippen molar-refractivity contribution in [1.82, 2.24) is 10.2 Å². The largest absolute Gasteiger partial charge is 0.465 e. The normalized spacial score (nSPS) is 20.7. The molecule has 1 aliphatic heterocycles. The number of carboxylic acid groups (broad SMARTS) is 1. The third-order valence-electron chi connectivity index (χ3n) is 2.17. The van der Waals surface area contributed by atoms with Crippen molar-refractivity contribution in [3.63, 3.8) is 0 Å². The molecular formula is C10H18N2O4. The van der Waals surface area contributed by atoms with Crippen molar-refractivity contribution in [2.75, 3.05) is 6.54 Å². The second-order valence-corrected chi connectivity index (χ2v) is 4.78. The fourth-order valence-corrected chi connectivity index (χ4v) is 1.60. The van der Waals surface area contributed by atoms with Gasteiger partial charge in [0.2, 0.25) is 0 Å². The van der Waals surface area contributed by atoms with Gasteiger partial charge in [0.15, 0.2) is 0 Å². The highest BCUT2D eigenvalue weighted by atomic mass is 16.6. The summed E-state index contributed by atoms with van der Waals surface area (Å²) in [5, 5.41) is 10.9. The number of likely N-dealkylation sites (tertiary alicyclic amines) is 1. The molecule has 1 aliphatic rings. The van der Waals surface area contributed by atoms with E-state index in [1.165, 1.54) is 4.90 Å². The van der Waals surface area contributed by atoms with Crippen molar-refractivity contribution >= 4 is 12.2 Å². The lowest BCUT2D eigenvalue weighted by atomic mass is 10.2. The Hall–Kier alpha value is -1.46. The third-order valence-corrected chi connectivity index (χ3v) is 2.17. The van der Waals surface area contributed by atoms with Crippen LogP contribution in [0.5, 0.6) is 0 Å². The summed E-state index contributed by atoms with van der Waals surface area (Å²) in [6.45, 7) is 5.86. The fourth-order valence-electron chi connectivity index (χ4n) is 1.60. The van der Waals surface area contributed by atoms with Crippen molar-refractivity contribution in [2.24, 2.45) is 0 Å². The number of ether oxygens (including phenoxy) is 1. The molecule has 0 aromatic heterocycles. The molecule has 92 valence electrons. The molecule has 2 amide bonds. The summed E-state index contributed by atoms with van der Waals surface area (Å²) in [5.74, 6) is 0. The molecule has 0 aromatic rings. The van der Waals surface area contributed by atoms with E-state index in [4.69, 9.17) is 9.84 Å². The van der Waals surface area contributed by atoms with E-state index in [1.54, 1.807) is 20.8 Å². The van der Waals surface area contributed by atoms with Gasteiger partial charge >= 0.3 is 12.2 Å². The predicted octanol–water partition coefficient (Wildman–Crippen LogP) is 1.61. The number of rotatable bonds is 1. The van der Waals surface area contributed by atoms with E-state index in [-0.39, 0.29) is 0 Å². The van der Waals surface area contributed by atoms with Gasteiger partial charge in [-0.3, -0.25) is 4.90 Å². The van der Waals surface area contributed by atoms with Crippen LogP contribution >= 0.6 is 0 Å². The van der Waals surface area contributed by atoms with Crippen LogP contribution in [0.2, 0.25) is 0 Å². The molecule has 1 heterocycles. The zero-order chi connectivity index (χ0) is 12.3. The number of amides is 2. The number of carbonyl (C=O) groups excluding carboxylic acids is 1. The molecule has 1 atom stereocenters. The fraction of sp³-hybridized carbons (Fsp3) is 0.800. The molecule has 2 N–H and O–H groups in total. The average molecular weight is 230 g/mol. The van der Waals surface area contributed by atoms with Crippen LogP contribution in [0.15, 0.2) is 0 Å². The van der Waals surface area contributed by atoms with Crippen LogP contribution in [0.1, 0.15) is 33.6 Å². The molecular weight excluding hydrogens is 212 g/mol. The summed E-state index contributed by atoms with van der Waals surface area (Å²) < 4.78 is 5.19. The molecule has 6 heteroatoms. The van der Waals surface area contributed by atoms with Crippen LogP contribution in [0.4, 0.5) is 9.59 Å². The Morgan fingerprint density at radius 3 is 2.56 bits per heavy atom.